The molecule has 0 aliphatic rings. The van der Waals surface area contributed by atoms with Crippen LogP contribution in [0.5, 0.6) is 0 Å². The summed E-state index contributed by atoms with van der Waals surface area (Å²) in [6.45, 7) is 4.19. The lowest BCUT2D eigenvalue weighted by Crippen LogP contribution is -1.99. The van der Waals surface area contributed by atoms with E-state index in [-0.39, 0.29) is 11.5 Å². The van der Waals surface area contributed by atoms with Gasteiger partial charge in [-0.3, -0.25) is 0 Å². The molecule has 100 valence electrons. The van der Waals surface area contributed by atoms with Gasteiger partial charge in [-0.25, -0.2) is 4.79 Å². The van der Waals surface area contributed by atoms with Crippen LogP contribution in [0.4, 0.5) is 0 Å². The molecule has 4 heteroatoms. The van der Waals surface area contributed by atoms with Gasteiger partial charge in [0.25, 0.3) is 0 Å². The fourth-order valence-corrected chi connectivity index (χ4v) is 1.84. The molecule has 1 heterocycles. The molecule has 2 N–H and O–H groups in total. The minimum Gasteiger partial charge on any atom is -0.475 e. The molecule has 1 aromatic carbocycles. The number of aliphatic hydroxyl groups is 1. The van der Waals surface area contributed by atoms with Gasteiger partial charge in [0.2, 0.25) is 5.76 Å². The van der Waals surface area contributed by atoms with Crippen LogP contribution in [0.1, 0.15) is 53.3 Å². The second kappa shape index (κ2) is 5.28. The number of aliphatic hydroxyl groups excluding tert-OH is 1. The fourth-order valence-electron chi connectivity index (χ4n) is 1.84. The molecule has 0 saturated heterocycles. The van der Waals surface area contributed by atoms with Gasteiger partial charge in [-0.2, -0.15) is 0 Å². The van der Waals surface area contributed by atoms with E-state index in [1.165, 1.54) is 17.7 Å². The molecule has 2 aromatic rings. The molecule has 0 fully saturated rings. The first-order chi connectivity index (χ1) is 8.99. The molecule has 4 nitrogen and oxygen atoms in total. The Morgan fingerprint density at radius 1 is 1.05 bits per heavy atom. The van der Waals surface area contributed by atoms with Crippen LogP contribution in [-0.4, -0.2) is 16.2 Å². The maximum atomic E-state index is 10.7. The minimum absolute atomic E-state index is 0.173. The lowest BCUT2D eigenvalue weighted by molar-refractivity contribution is 0.0655. The van der Waals surface area contributed by atoms with E-state index in [9.17, 15) is 9.90 Å². The zero-order valence-corrected chi connectivity index (χ0v) is 10.8. The average Bonchev–Trinajstić information content (AvgIpc) is 2.87. The molecule has 0 saturated carbocycles. The highest BCUT2D eigenvalue weighted by molar-refractivity contribution is 5.84. The zero-order chi connectivity index (χ0) is 14.0. The van der Waals surface area contributed by atoms with Crippen molar-refractivity contribution < 1.29 is 19.4 Å². The first kappa shape index (κ1) is 13.4. The van der Waals surface area contributed by atoms with Crippen LogP contribution in [0, 0.1) is 0 Å². The summed E-state index contributed by atoms with van der Waals surface area (Å²) in [5.41, 5.74) is 1.86. The van der Waals surface area contributed by atoms with Crippen molar-refractivity contribution in [2.75, 3.05) is 0 Å². The standard InChI is InChI=1S/C15H16O4/c1-9(2)10-3-5-11(6-4-10)14(16)12-7-8-13(19-12)15(17)18/h3-9,14,16H,1-2H3,(H,17,18). The van der Waals surface area contributed by atoms with Crippen LogP contribution in [0.3, 0.4) is 0 Å². The highest BCUT2D eigenvalue weighted by atomic mass is 16.4. The predicted octanol–water partition coefficient (Wildman–Crippen LogP) is 3.18. The number of rotatable bonds is 4. The predicted molar refractivity (Wildman–Crippen MR) is 70.3 cm³/mol. The number of aromatic carboxylic acids is 1. The van der Waals surface area contributed by atoms with E-state index >= 15 is 0 Å². The summed E-state index contributed by atoms with van der Waals surface area (Å²) in [6.07, 6.45) is -0.950. The number of furan rings is 1. The quantitative estimate of drug-likeness (QED) is 0.885. The first-order valence-electron chi connectivity index (χ1n) is 6.10. The van der Waals surface area contributed by atoms with Crippen LogP contribution >= 0.6 is 0 Å². The molecule has 0 bridgehead atoms. The summed E-state index contributed by atoms with van der Waals surface area (Å²) in [5, 5.41) is 18.9. The summed E-state index contributed by atoms with van der Waals surface area (Å²) < 4.78 is 5.09. The first-order valence-corrected chi connectivity index (χ1v) is 6.10. The Hall–Kier alpha value is -2.07. The summed E-state index contributed by atoms with van der Waals surface area (Å²) in [5.74, 6) is -0.662. The average molecular weight is 260 g/mol. The Morgan fingerprint density at radius 3 is 2.11 bits per heavy atom. The van der Waals surface area contributed by atoms with Crippen LogP contribution in [-0.2, 0) is 0 Å². The molecular weight excluding hydrogens is 244 g/mol. The number of hydrogen-bond acceptors (Lipinski definition) is 3. The normalized spacial score (nSPS) is 12.6. The third-order valence-electron chi connectivity index (χ3n) is 3.03. The van der Waals surface area contributed by atoms with Crippen molar-refractivity contribution in [1.29, 1.82) is 0 Å². The lowest BCUT2D eigenvalue weighted by atomic mass is 9.99. The van der Waals surface area contributed by atoms with Crippen molar-refractivity contribution in [2.24, 2.45) is 0 Å². The zero-order valence-electron chi connectivity index (χ0n) is 10.8. The van der Waals surface area contributed by atoms with Crippen molar-refractivity contribution in [1.82, 2.24) is 0 Å². The lowest BCUT2D eigenvalue weighted by Gasteiger charge is -2.10. The minimum atomic E-state index is -1.14. The molecule has 0 aliphatic heterocycles. The summed E-state index contributed by atoms with van der Waals surface area (Å²) in [7, 11) is 0. The highest BCUT2D eigenvalue weighted by Crippen LogP contribution is 2.25. The molecule has 1 unspecified atom stereocenters. The van der Waals surface area contributed by atoms with E-state index in [4.69, 9.17) is 9.52 Å². The second-order valence-corrected chi connectivity index (χ2v) is 4.73. The van der Waals surface area contributed by atoms with E-state index in [1.54, 1.807) is 0 Å². The van der Waals surface area contributed by atoms with Crippen molar-refractivity contribution >= 4 is 5.97 Å². The SMILES string of the molecule is CC(C)c1ccc(C(O)c2ccc(C(=O)O)o2)cc1. The Balaban J connectivity index is 2.22. The van der Waals surface area contributed by atoms with Crippen molar-refractivity contribution in [3.8, 4) is 0 Å². The molecule has 2 rings (SSSR count). The fraction of sp³-hybridized carbons (Fsp3) is 0.267. The molecule has 1 aromatic heterocycles. The molecule has 1 atom stereocenters. The molecule has 19 heavy (non-hydrogen) atoms. The molecule has 0 amide bonds. The van der Waals surface area contributed by atoms with E-state index in [0.29, 0.717) is 11.5 Å². The maximum Gasteiger partial charge on any atom is 0.371 e. The highest BCUT2D eigenvalue weighted by Gasteiger charge is 2.17. The Kier molecular flexibility index (Phi) is 3.71. The monoisotopic (exact) mass is 260 g/mol. The molecule has 0 radical (unpaired) electrons. The number of benzene rings is 1. The van der Waals surface area contributed by atoms with Crippen LogP contribution in [0.15, 0.2) is 40.8 Å². The third-order valence-corrected chi connectivity index (χ3v) is 3.03. The Labute approximate surface area is 111 Å². The number of carbonyl (C=O) groups is 1. The summed E-state index contributed by atoms with van der Waals surface area (Å²) in [4.78, 5) is 10.7. The summed E-state index contributed by atoms with van der Waals surface area (Å²) in [6, 6.07) is 10.4. The van der Waals surface area contributed by atoms with Crippen LogP contribution < -0.4 is 0 Å². The van der Waals surface area contributed by atoms with Gasteiger partial charge in [0.15, 0.2) is 0 Å². The van der Waals surface area contributed by atoms with Crippen molar-refractivity contribution in [3.05, 3.63) is 59.0 Å². The van der Waals surface area contributed by atoms with Crippen LogP contribution in [0.25, 0.3) is 0 Å². The van der Waals surface area contributed by atoms with Gasteiger partial charge in [-0.1, -0.05) is 38.1 Å². The van der Waals surface area contributed by atoms with Gasteiger partial charge in [-0.05, 0) is 29.2 Å². The van der Waals surface area contributed by atoms with Gasteiger partial charge in [0.05, 0.1) is 0 Å². The van der Waals surface area contributed by atoms with Gasteiger partial charge >= 0.3 is 5.97 Å². The van der Waals surface area contributed by atoms with Gasteiger partial charge < -0.3 is 14.6 Å². The molecular formula is C15H16O4. The summed E-state index contributed by atoms with van der Waals surface area (Å²) >= 11 is 0. The number of carboxylic acids is 1. The van der Waals surface area contributed by atoms with Crippen molar-refractivity contribution in [2.45, 2.75) is 25.9 Å². The smallest absolute Gasteiger partial charge is 0.371 e. The van der Waals surface area contributed by atoms with Gasteiger partial charge in [0.1, 0.15) is 11.9 Å². The van der Waals surface area contributed by atoms with Crippen LogP contribution in [0.2, 0.25) is 0 Å². The largest absolute Gasteiger partial charge is 0.475 e. The van der Waals surface area contributed by atoms with E-state index in [2.05, 4.69) is 13.8 Å². The maximum absolute atomic E-state index is 10.7. The second-order valence-electron chi connectivity index (χ2n) is 4.73. The van der Waals surface area contributed by atoms with E-state index < -0.39 is 12.1 Å². The molecule has 0 aliphatic carbocycles. The van der Waals surface area contributed by atoms with Crippen molar-refractivity contribution in [3.63, 3.8) is 0 Å². The van der Waals surface area contributed by atoms with Gasteiger partial charge in [-0.15, -0.1) is 0 Å². The van der Waals surface area contributed by atoms with E-state index in [1.807, 2.05) is 24.3 Å². The topological polar surface area (TPSA) is 70.7 Å². The Morgan fingerprint density at radius 2 is 1.63 bits per heavy atom. The van der Waals surface area contributed by atoms with Gasteiger partial charge in [0, 0.05) is 0 Å². The number of carboxylic acid groups (broad SMARTS) is 1. The number of hydrogen-bond donors (Lipinski definition) is 2. The third kappa shape index (κ3) is 2.85. The Bertz CT molecular complexity index is 566. The van der Waals surface area contributed by atoms with E-state index in [0.717, 1.165) is 0 Å². The molecule has 0 spiro atoms.